The van der Waals surface area contributed by atoms with Crippen LogP contribution in [0.1, 0.15) is 43.2 Å². The molecule has 2 heterocycles. The summed E-state index contributed by atoms with van der Waals surface area (Å²) < 4.78 is 13.1. The average molecular weight is 433 g/mol. The first-order valence-electron chi connectivity index (χ1n) is 11.2. The Morgan fingerprint density at radius 2 is 1.75 bits per heavy atom. The molecule has 2 N–H and O–H groups in total. The normalized spacial score (nSPS) is 14.2. The summed E-state index contributed by atoms with van der Waals surface area (Å²) >= 11 is 0. The quantitative estimate of drug-likeness (QED) is 0.489. The number of carbonyl (C=O) groups excluding carboxylic acids is 1. The van der Waals surface area contributed by atoms with Crippen LogP contribution in [0.25, 0.3) is 0 Å². The van der Waals surface area contributed by atoms with Gasteiger partial charge in [0.1, 0.15) is 11.6 Å². The molecule has 5 nitrogen and oxygen atoms in total. The van der Waals surface area contributed by atoms with Gasteiger partial charge in [-0.2, -0.15) is 0 Å². The Labute approximate surface area is 188 Å². The molecule has 0 aliphatic carbocycles. The van der Waals surface area contributed by atoms with Crippen LogP contribution in [0.4, 0.5) is 21.7 Å². The summed E-state index contributed by atoms with van der Waals surface area (Å²) in [6, 6.07) is 20.3. The maximum atomic E-state index is 13.1. The zero-order valence-corrected chi connectivity index (χ0v) is 18.4. The van der Waals surface area contributed by atoms with Crippen molar-refractivity contribution in [3.05, 3.63) is 83.7 Å². The van der Waals surface area contributed by atoms with Crippen molar-refractivity contribution >= 4 is 23.2 Å². The van der Waals surface area contributed by atoms with Crippen LogP contribution < -0.4 is 15.5 Å². The van der Waals surface area contributed by atoms with Gasteiger partial charge in [0.15, 0.2) is 5.82 Å². The van der Waals surface area contributed by atoms with Gasteiger partial charge >= 0.3 is 0 Å². The largest absolute Gasteiger partial charge is 0.366 e. The topological polar surface area (TPSA) is 57.3 Å². The third kappa shape index (κ3) is 5.63. The van der Waals surface area contributed by atoms with E-state index in [1.807, 2.05) is 30.3 Å². The molecule has 4 rings (SSSR count). The van der Waals surface area contributed by atoms with E-state index in [0.29, 0.717) is 13.0 Å². The molecule has 0 bridgehead atoms. The maximum absolute atomic E-state index is 13.1. The van der Waals surface area contributed by atoms with E-state index in [4.69, 9.17) is 4.98 Å². The summed E-state index contributed by atoms with van der Waals surface area (Å²) in [7, 11) is 0. The molecule has 6 heteroatoms. The first kappa shape index (κ1) is 21.8. The fourth-order valence-electron chi connectivity index (χ4n) is 3.99. The van der Waals surface area contributed by atoms with Crippen molar-refractivity contribution in [2.75, 3.05) is 28.6 Å². The summed E-state index contributed by atoms with van der Waals surface area (Å²) in [5, 5.41) is 6.39. The fourth-order valence-corrected chi connectivity index (χ4v) is 3.99. The van der Waals surface area contributed by atoms with Gasteiger partial charge in [-0.3, -0.25) is 4.79 Å². The number of anilines is 3. The predicted octanol–water partition coefficient (Wildman–Crippen LogP) is 5.57. The van der Waals surface area contributed by atoms with Gasteiger partial charge in [0.05, 0.1) is 5.69 Å². The third-order valence-corrected chi connectivity index (χ3v) is 5.80. The van der Waals surface area contributed by atoms with Crippen LogP contribution in [0.3, 0.4) is 0 Å². The summed E-state index contributed by atoms with van der Waals surface area (Å²) in [6.07, 6.45) is 2.65. The Bertz CT molecular complexity index is 1030. The molecule has 1 amide bonds. The lowest BCUT2D eigenvalue weighted by molar-refractivity contribution is -0.116. The number of hydrogen-bond donors (Lipinski definition) is 2. The van der Waals surface area contributed by atoms with Crippen LogP contribution in [0.15, 0.2) is 66.7 Å². The summed E-state index contributed by atoms with van der Waals surface area (Å²) in [5.74, 6) is 1.40. The zero-order valence-electron chi connectivity index (χ0n) is 18.4. The van der Waals surface area contributed by atoms with Gasteiger partial charge in [0.2, 0.25) is 5.91 Å². The fraction of sp³-hybridized carbons (Fsp3) is 0.308. The lowest BCUT2D eigenvalue weighted by atomic mass is 9.97. The van der Waals surface area contributed by atoms with Crippen molar-refractivity contribution in [2.45, 2.75) is 38.6 Å². The summed E-state index contributed by atoms with van der Waals surface area (Å²) in [4.78, 5) is 19.8. The maximum Gasteiger partial charge on any atom is 0.225 e. The van der Waals surface area contributed by atoms with E-state index in [0.717, 1.165) is 54.4 Å². The molecule has 32 heavy (non-hydrogen) atoms. The average Bonchev–Trinajstić information content (AvgIpc) is 3.35. The predicted molar refractivity (Wildman–Crippen MR) is 128 cm³/mol. The lowest BCUT2D eigenvalue weighted by Crippen LogP contribution is -2.23. The first-order valence-corrected chi connectivity index (χ1v) is 11.2. The number of carbonyl (C=O) groups is 1. The summed E-state index contributed by atoms with van der Waals surface area (Å²) in [6.45, 7) is 4.47. The molecule has 2 aromatic carbocycles. The van der Waals surface area contributed by atoms with Gasteiger partial charge in [-0.05, 0) is 54.2 Å². The Kier molecular flexibility index (Phi) is 7.00. The number of hydrogen-bond acceptors (Lipinski definition) is 4. The number of halogens is 1. The Hall–Kier alpha value is -3.41. The molecular weight excluding hydrogens is 403 g/mol. The molecule has 1 aliphatic rings. The van der Waals surface area contributed by atoms with Gasteiger partial charge in [0, 0.05) is 26.1 Å². The molecular formula is C26H29FN4O. The third-order valence-electron chi connectivity index (χ3n) is 5.80. The highest BCUT2D eigenvalue weighted by Gasteiger charge is 2.20. The minimum atomic E-state index is -0.245. The van der Waals surface area contributed by atoms with E-state index in [2.05, 4.69) is 34.6 Å². The number of amides is 1. The van der Waals surface area contributed by atoms with Crippen molar-refractivity contribution < 1.29 is 9.18 Å². The second kappa shape index (κ2) is 10.3. The molecule has 1 fully saturated rings. The van der Waals surface area contributed by atoms with Crippen LogP contribution in [-0.4, -0.2) is 24.0 Å². The van der Waals surface area contributed by atoms with Crippen molar-refractivity contribution in [1.82, 2.24) is 4.98 Å². The van der Waals surface area contributed by atoms with Crippen LogP contribution in [0.5, 0.6) is 0 Å². The first-order chi connectivity index (χ1) is 15.6. The number of benzene rings is 2. The Morgan fingerprint density at radius 3 is 2.47 bits per heavy atom. The molecule has 1 atom stereocenters. The molecule has 3 aromatic rings. The van der Waals surface area contributed by atoms with Crippen LogP contribution >= 0.6 is 0 Å². The van der Waals surface area contributed by atoms with E-state index in [-0.39, 0.29) is 17.6 Å². The summed E-state index contributed by atoms with van der Waals surface area (Å²) in [5.41, 5.74) is 2.87. The lowest BCUT2D eigenvalue weighted by Gasteiger charge is -2.22. The Morgan fingerprint density at radius 1 is 1.03 bits per heavy atom. The second-order valence-electron chi connectivity index (χ2n) is 8.31. The molecule has 166 valence electrons. The number of nitrogens with zero attached hydrogens (tertiary/aromatic N) is 2. The molecule has 1 saturated heterocycles. The highest BCUT2D eigenvalue weighted by Crippen LogP contribution is 2.29. The molecule has 1 aromatic heterocycles. The monoisotopic (exact) mass is 432 g/mol. The van der Waals surface area contributed by atoms with Crippen LogP contribution in [-0.2, 0) is 11.3 Å². The van der Waals surface area contributed by atoms with Gasteiger partial charge < -0.3 is 15.5 Å². The van der Waals surface area contributed by atoms with Gasteiger partial charge in [-0.25, -0.2) is 9.37 Å². The van der Waals surface area contributed by atoms with E-state index < -0.39 is 0 Å². The minimum absolute atomic E-state index is 0.0179. The zero-order chi connectivity index (χ0) is 22.3. The smallest absolute Gasteiger partial charge is 0.225 e. The van der Waals surface area contributed by atoms with Gasteiger partial charge in [-0.15, -0.1) is 0 Å². The van der Waals surface area contributed by atoms with Crippen molar-refractivity contribution in [1.29, 1.82) is 0 Å². The number of rotatable bonds is 8. The molecule has 0 spiro atoms. The van der Waals surface area contributed by atoms with Crippen molar-refractivity contribution in [3.63, 3.8) is 0 Å². The van der Waals surface area contributed by atoms with E-state index >= 15 is 0 Å². The second-order valence-corrected chi connectivity index (χ2v) is 8.31. The molecule has 0 radical (unpaired) electrons. The van der Waals surface area contributed by atoms with E-state index in [9.17, 15) is 9.18 Å². The number of aromatic nitrogens is 1. The highest BCUT2D eigenvalue weighted by atomic mass is 19.1. The van der Waals surface area contributed by atoms with Crippen LogP contribution in [0.2, 0.25) is 0 Å². The molecule has 1 aliphatic heterocycles. The van der Waals surface area contributed by atoms with Gasteiger partial charge in [-0.1, -0.05) is 49.4 Å². The molecule has 0 saturated carbocycles. The van der Waals surface area contributed by atoms with Crippen LogP contribution in [0, 0.1) is 5.82 Å². The van der Waals surface area contributed by atoms with Crippen molar-refractivity contribution in [3.8, 4) is 0 Å². The Balaban J connectivity index is 1.45. The highest BCUT2D eigenvalue weighted by molar-refractivity contribution is 5.94. The number of pyridine rings is 1. The van der Waals surface area contributed by atoms with Crippen molar-refractivity contribution in [2.24, 2.45) is 0 Å². The van der Waals surface area contributed by atoms with Gasteiger partial charge in [0.25, 0.3) is 0 Å². The number of nitrogens with one attached hydrogen (secondary N) is 2. The SMILES string of the molecule is C[C@H](CC(=O)Nc1ccc(NCc2ccc(F)cc2)nc1N1CCCC1)c1ccccc1. The molecule has 0 unspecified atom stereocenters. The van der Waals surface area contributed by atoms with E-state index in [1.54, 1.807) is 12.1 Å². The van der Waals surface area contributed by atoms with E-state index in [1.165, 1.54) is 12.1 Å². The minimum Gasteiger partial charge on any atom is -0.366 e. The standard InChI is InChI=1S/C26H29FN4O/c1-19(21-7-3-2-4-8-21)17-25(32)29-23-13-14-24(30-26(23)31-15-5-6-16-31)28-18-20-9-11-22(27)12-10-20/h2-4,7-14,19H,5-6,15-18H2,1H3,(H,28,30)(H,29,32)/t19-/m1/s1.